The van der Waals surface area contributed by atoms with Crippen molar-refractivity contribution in [1.29, 1.82) is 0 Å². The van der Waals surface area contributed by atoms with Gasteiger partial charge < -0.3 is 15.2 Å². The topological polar surface area (TPSA) is 58.6 Å². The van der Waals surface area contributed by atoms with Gasteiger partial charge in [-0.05, 0) is 51.3 Å². The summed E-state index contributed by atoms with van der Waals surface area (Å²) in [6.07, 6.45) is 0.957. The number of aliphatic hydroxyl groups excluding tert-OH is 1. The zero-order valence-electron chi connectivity index (χ0n) is 12.1. The van der Waals surface area contributed by atoms with Gasteiger partial charge in [0.2, 0.25) is 0 Å². The Kier molecular flexibility index (Phi) is 6.49. The van der Waals surface area contributed by atoms with Crippen LogP contribution in [0.1, 0.15) is 32.8 Å². The molecular weight excluding hydrogens is 322 g/mol. The van der Waals surface area contributed by atoms with E-state index in [1.807, 2.05) is 45.0 Å². The van der Waals surface area contributed by atoms with Crippen molar-refractivity contribution in [3.8, 4) is 0 Å². The number of nitrogens with one attached hydrogen (secondary N) is 1. The monoisotopic (exact) mass is 343 g/mol. The smallest absolute Gasteiger partial charge is 0.407 e. The third-order valence-corrected chi connectivity index (χ3v) is 3.16. The maximum absolute atomic E-state index is 11.6. The highest BCUT2D eigenvalue weighted by molar-refractivity contribution is 9.10. The Balaban J connectivity index is 2.43. The number of alkyl carbamates (subject to hydrolysis) is 1. The van der Waals surface area contributed by atoms with Crippen molar-refractivity contribution < 1.29 is 14.6 Å². The number of hydrogen-bond acceptors (Lipinski definition) is 3. The summed E-state index contributed by atoms with van der Waals surface area (Å²) in [7, 11) is 0. The van der Waals surface area contributed by atoms with Crippen LogP contribution in [0.4, 0.5) is 4.79 Å². The van der Waals surface area contributed by atoms with Crippen LogP contribution >= 0.6 is 15.9 Å². The Morgan fingerprint density at radius 2 is 1.95 bits per heavy atom. The fourth-order valence-electron chi connectivity index (χ4n) is 1.68. The summed E-state index contributed by atoms with van der Waals surface area (Å²) in [4.78, 5) is 11.6. The molecule has 0 spiro atoms. The maximum atomic E-state index is 11.6. The van der Waals surface area contributed by atoms with Crippen molar-refractivity contribution >= 4 is 22.0 Å². The lowest BCUT2D eigenvalue weighted by atomic mass is 10.1. The second-order valence-electron chi connectivity index (χ2n) is 5.69. The Bertz CT molecular complexity index is 426. The van der Waals surface area contributed by atoms with Gasteiger partial charge in [0.1, 0.15) is 5.60 Å². The van der Waals surface area contributed by atoms with Crippen molar-refractivity contribution in [3.05, 3.63) is 34.3 Å². The fourth-order valence-corrected chi connectivity index (χ4v) is 1.94. The molecule has 0 radical (unpaired) electrons. The van der Waals surface area contributed by atoms with Gasteiger partial charge in [0.25, 0.3) is 0 Å². The van der Waals surface area contributed by atoms with Crippen LogP contribution in [0.5, 0.6) is 0 Å². The quantitative estimate of drug-likeness (QED) is 0.862. The zero-order valence-corrected chi connectivity index (χ0v) is 13.7. The van der Waals surface area contributed by atoms with E-state index < -0.39 is 11.7 Å². The molecule has 0 aliphatic rings. The molecule has 1 unspecified atom stereocenters. The predicted molar refractivity (Wildman–Crippen MR) is 82.7 cm³/mol. The molecule has 0 aromatic heterocycles. The molecule has 1 rings (SSSR count). The van der Waals surface area contributed by atoms with Crippen LogP contribution in [0.2, 0.25) is 0 Å². The number of aliphatic hydroxyl groups is 1. The number of hydrogen-bond donors (Lipinski definition) is 2. The molecule has 0 fully saturated rings. The standard InChI is InChI=1S/C15H22BrNO3/c1-15(2,3)20-14(19)17-13(10-18)9-6-11-4-7-12(16)8-5-11/h4-5,7-8,13,18H,6,9-10H2,1-3H3,(H,17,19). The molecule has 4 nitrogen and oxygen atoms in total. The lowest BCUT2D eigenvalue weighted by molar-refractivity contribution is 0.0479. The normalized spacial score (nSPS) is 12.8. The minimum Gasteiger partial charge on any atom is -0.444 e. The molecule has 0 heterocycles. The molecule has 20 heavy (non-hydrogen) atoms. The number of benzene rings is 1. The predicted octanol–water partition coefficient (Wildman–Crippen LogP) is 3.27. The van der Waals surface area contributed by atoms with Crippen LogP contribution in [0.3, 0.4) is 0 Å². The first-order valence-corrected chi connectivity index (χ1v) is 7.44. The minimum absolute atomic E-state index is 0.101. The molecule has 2 N–H and O–H groups in total. The molecule has 0 saturated carbocycles. The highest BCUT2D eigenvalue weighted by atomic mass is 79.9. The van der Waals surface area contributed by atoms with E-state index in [0.29, 0.717) is 6.42 Å². The average Bonchev–Trinajstić information content (AvgIpc) is 2.34. The third-order valence-electron chi connectivity index (χ3n) is 2.64. The van der Waals surface area contributed by atoms with Gasteiger partial charge >= 0.3 is 6.09 Å². The van der Waals surface area contributed by atoms with Crippen molar-refractivity contribution in [1.82, 2.24) is 5.32 Å². The Hall–Kier alpha value is -1.07. The summed E-state index contributed by atoms with van der Waals surface area (Å²) in [5, 5.41) is 12.0. The summed E-state index contributed by atoms with van der Waals surface area (Å²) in [6, 6.07) is 7.70. The van der Waals surface area contributed by atoms with Crippen molar-refractivity contribution in [2.45, 2.75) is 45.3 Å². The molecule has 5 heteroatoms. The first kappa shape index (κ1) is 17.0. The number of ether oxygens (including phenoxy) is 1. The summed E-state index contributed by atoms with van der Waals surface area (Å²) in [6.45, 7) is 5.32. The SMILES string of the molecule is CC(C)(C)OC(=O)NC(CO)CCc1ccc(Br)cc1. The van der Waals surface area contributed by atoms with E-state index in [4.69, 9.17) is 4.74 Å². The Labute approximate surface area is 128 Å². The lowest BCUT2D eigenvalue weighted by Crippen LogP contribution is -2.41. The first-order valence-electron chi connectivity index (χ1n) is 6.65. The molecular formula is C15H22BrNO3. The average molecular weight is 344 g/mol. The molecule has 1 atom stereocenters. The van der Waals surface area contributed by atoms with Gasteiger partial charge in [-0.3, -0.25) is 0 Å². The minimum atomic E-state index is -0.532. The van der Waals surface area contributed by atoms with E-state index in [1.165, 1.54) is 0 Å². The molecule has 112 valence electrons. The van der Waals surface area contributed by atoms with Gasteiger partial charge in [0, 0.05) is 4.47 Å². The van der Waals surface area contributed by atoms with Crippen LogP contribution < -0.4 is 5.32 Å². The van der Waals surface area contributed by atoms with E-state index in [-0.39, 0.29) is 12.6 Å². The number of carbonyl (C=O) groups excluding carboxylic acids is 1. The highest BCUT2D eigenvalue weighted by Gasteiger charge is 2.19. The lowest BCUT2D eigenvalue weighted by Gasteiger charge is -2.22. The van der Waals surface area contributed by atoms with Crippen LogP contribution in [-0.4, -0.2) is 29.4 Å². The summed E-state index contributed by atoms with van der Waals surface area (Å²) in [5.41, 5.74) is 0.633. The highest BCUT2D eigenvalue weighted by Crippen LogP contribution is 2.13. The van der Waals surface area contributed by atoms with E-state index in [1.54, 1.807) is 0 Å². The molecule has 1 aromatic carbocycles. The van der Waals surface area contributed by atoms with E-state index >= 15 is 0 Å². The Morgan fingerprint density at radius 3 is 2.45 bits per heavy atom. The van der Waals surface area contributed by atoms with Crippen LogP contribution in [0.15, 0.2) is 28.7 Å². The van der Waals surface area contributed by atoms with Gasteiger partial charge in [0.05, 0.1) is 12.6 Å². The van der Waals surface area contributed by atoms with Crippen LogP contribution in [0.25, 0.3) is 0 Å². The second kappa shape index (κ2) is 7.64. The largest absolute Gasteiger partial charge is 0.444 e. The van der Waals surface area contributed by atoms with Gasteiger partial charge in [-0.2, -0.15) is 0 Å². The summed E-state index contributed by atoms with van der Waals surface area (Å²) < 4.78 is 6.20. The summed E-state index contributed by atoms with van der Waals surface area (Å²) in [5.74, 6) is 0. The number of aryl methyl sites for hydroxylation is 1. The van der Waals surface area contributed by atoms with Gasteiger partial charge in [-0.1, -0.05) is 28.1 Å². The third kappa shape index (κ3) is 6.91. The summed E-state index contributed by atoms with van der Waals surface area (Å²) >= 11 is 3.39. The second-order valence-corrected chi connectivity index (χ2v) is 6.61. The first-order chi connectivity index (χ1) is 9.30. The van der Waals surface area contributed by atoms with Crippen LogP contribution in [-0.2, 0) is 11.2 Å². The molecule has 0 bridgehead atoms. The van der Waals surface area contributed by atoms with Crippen molar-refractivity contribution in [3.63, 3.8) is 0 Å². The van der Waals surface area contributed by atoms with E-state index in [0.717, 1.165) is 16.5 Å². The van der Waals surface area contributed by atoms with Gasteiger partial charge in [-0.15, -0.1) is 0 Å². The Morgan fingerprint density at radius 1 is 1.35 bits per heavy atom. The number of halogens is 1. The maximum Gasteiger partial charge on any atom is 0.407 e. The molecule has 0 aliphatic carbocycles. The van der Waals surface area contributed by atoms with Crippen molar-refractivity contribution in [2.24, 2.45) is 0 Å². The fraction of sp³-hybridized carbons (Fsp3) is 0.533. The van der Waals surface area contributed by atoms with Crippen molar-refractivity contribution in [2.75, 3.05) is 6.61 Å². The van der Waals surface area contributed by atoms with Crippen LogP contribution in [0, 0.1) is 0 Å². The van der Waals surface area contributed by atoms with Gasteiger partial charge in [-0.25, -0.2) is 4.79 Å². The number of carbonyl (C=O) groups is 1. The van der Waals surface area contributed by atoms with E-state index in [2.05, 4.69) is 21.2 Å². The van der Waals surface area contributed by atoms with Gasteiger partial charge in [0.15, 0.2) is 0 Å². The molecule has 0 aliphatic heterocycles. The molecule has 1 aromatic rings. The molecule has 1 amide bonds. The van der Waals surface area contributed by atoms with E-state index in [9.17, 15) is 9.90 Å². The zero-order chi connectivity index (χ0) is 15.2. The number of rotatable bonds is 5. The number of amides is 1. The molecule has 0 saturated heterocycles.